The van der Waals surface area contributed by atoms with Crippen LogP contribution in [0.2, 0.25) is 10.0 Å². The Morgan fingerprint density at radius 2 is 1.92 bits per heavy atom. The summed E-state index contributed by atoms with van der Waals surface area (Å²) in [5.74, 6) is -0.407. The Morgan fingerprint density at radius 1 is 1.21 bits per heavy atom. The van der Waals surface area contributed by atoms with Gasteiger partial charge in [0.25, 0.3) is 5.56 Å². The maximum absolute atomic E-state index is 12.6. The second-order valence-corrected chi connectivity index (χ2v) is 5.99. The first-order chi connectivity index (χ1) is 11.5. The van der Waals surface area contributed by atoms with Crippen molar-refractivity contribution in [2.75, 3.05) is 7.11 Å². The zero-order chi connectivity index (χ0) is 17.3. The quantitative estimate of drug-likeness (QED) is 0.668. The second-order valence-electron chi connectivity index (χ2n) is 5.15. The molecule has 0 aliphatic carbocycles. The average Bonchev–Trinajstić information content (AvgIpc) is 2.57. The van der Waals surface area contributed by atoms with E-state index in [1.807, 2.05) is 0 Å². The highest BCUT2D eigenvalue weighted by molar-refractivity contribution is 6.38. The van der Waals surface area contributed by atoms with Crippen molar-refractivity contribution < 1.29 is 9.53 Å². The molecule has 0 spiro atoms. The average molecular weight is 363 g/mol. The number of carbonyl (C=O) groups is 1. The van der Waals surface area contributed by atoms with E-state index in [2.05, 4.69) is 9.72 Å². The molecule has 0 aliphatic rings. The summed E-state index contributed by atoms with van der Waals surface area (Å²) < 4.78 is 6.12. The van der Waals surface area contributed by atoms with Gasteiger partial charge >= 0.3 is 5.97 Å². The Balaban J connectivity index is 1.97. The maximum Gasteiger partial charge on any atom is 0.337 e. The number of hydrogen-bond donors (Lipinski definition) is 0. The molecule has 0 amide bonds. The van der Waals surface area contributed by atoms with Crippen LogP contribution in [0.1, 0.15) is 15.9 Å². The molecular weight excluding hydrogens is 351 g/mol. The molecule has 1 aromatic heterocycles. The van der Waals surface area contributed by atoms with Gasteiger partial charge in [0.15, 0.2) is 0 Å². The van der Waals surface area contributed by atoms with Crippen molar-refractivity contribution in [1.82, 2.24) is 9.55 Å². The van der Waals surface area contributed by atoms with Crippen molar-refractivity contribution in [3.05, 3.63) is 74.3 Å². The minimum atomic E-state index is -0.407. The first-order valence-corrected chi connectivity index (χ1v) is 7.76. The molecular formula is C17H12Cl2N2O3. The van der Waals surface area contributed by atoms with Crippen LogP contribution in [0, 0.1) is 0 Å². The number of carbonyl (C=O) groups excluding carboxylic acids is 1. The fourth-order valence-corrected chi connectivity index (χ4v) is 2.91. The van der Waals surface area contributed by atoms with Gasteiger partial charge < -0.3 is 4.74 Å². The molecule has 122 valence electrons. The third kappa shape index (κ3) is 3.13. The smallest absolute Gasteiger partial charge is 0.337 e. The number of fused-ring (bicyclic) bond motifs is 1. The number of hydrogen-bond acceptors (Lipinski definition) is 4. The van der Waals surface area contributed by atoms with Gasteiger partial charge in [0.2, 0.25) is 0 Å². The molecule has 7 heteroatoms. The van der Waals surface area contributed by atoms with Crippen molar-refractivity contribution in [1.29, 1.82) is 0 Å². The van der Waals surface area contributed by atoms with Crippen LogP contribution in [0.3, 0.4) is 0 Å². The second kappa shape index (κ2) is 6.63. The third-order valence-electron chi connectivity index (χ3n) is 3.57. The normalized spacial score (nSPS) is 10.8. The molecule has 2 aromatic carbocycles. The van der Waals surface area contributed by atoms with Crippen molar-refractivity contribution in [2.45, 2.75) is 6.54 Å². The molecule has 0 fully saturated rings. The van der Waals surface area contributed by atoms with Gasteiger partial charge in [0.05, 0.1) is 41.5 Å². The topological polar surface area (TPSA) is 61.2 Å². The number of methoxy groups -OCH3 is 1. The summed E-state index contributed by atoms with van der Waals surface area (Å²) in [5.41, 5.74) is 1.48. The van der Waals surface area contributed by atoms with E-state index in [4.69, 9.17) is 23.2 Å². The van der Waals surface area contributed by atoms with Crippen molar-refractivity contribution >= 4 is 40.1 Å². The number of esters is 1. The van der Waals surface area contributed by atoms with E-state index < -0.39 is 5.97 Å². The molecule has 0 N–H and O–H groups in total. The maximum atomic E-state index is 12.6. The predicted molar refractivity (Wildman–Crippen MR) is 92.9 cm³/mol. The van der Waals surface area contributed by atoms with Crippen molar-refractivity contribution in [3.8, 4) is 0 Å². The van der Waals surface area contributed by atoms with Gasteiger partial charge in [-0.15, -0.1) is 0 Å². The number of ether oxygens (including phenoxy) is 1. The van der Waals surface area contributed by atoms with Crippen LogP contribution in [-0.4, -0.2) is 22.6 Å². The SMILES string of the molecule is COC(=O)c1ccc(Cn2cnc3c(Cl)cc(Cl)cc3c2=O)cc1. The highest BCUT2D eigenvalue weighted by Crippen LogP contribution is 2.24. The number of nitrogens with zero attached hydrogens (tertiary/aromatic N) is 2. The molecule has 3 aromatic rings. The van der Waals surface area contributed by atoms with Gasteiger partial charge in [0.1, 0.15) is 0 Å². The molecule has 5 nitrogen and oxygen atoms in total. The van der Waals surface area contributed by atoms with Crippen LogP contribution in [-0.2, 0) is 11.3 Å². The summed E-state index contributed by atoms with van der Waals surface area (Å²) in [5, 5.41) is 1.08. The Kier molecular flexibility index (Phi) is 4.55. The number of halogens is 2. The highest BCUT2D eigenvalue weighted by atomic mass is 35.5. The van der Waals surface area contributed by atoms with Gasteiger partial charge in [-0.05, 0) is 29.8 Å². The summed E-state index contributed by atoms with van der Waals surface area (Å²) in [6, 6.07) is 9.91. The van der Waals surface area contributed by atoms with Crippen LogP contribution in [0.15, 0.2) is 47.5 Å². The molecule has 0 atom stereocenters. The standard InChI is InChI=1S/C17H12Cl2N2O3/c1-24-17(23)11-4-2-10(3-5-11)8-21-9-20-15-13(16(21)22)6-12(18)7-14(15)19/h2-7,9H,8H2,1H3. The van der Waals surface area contributed by atoms with Crippen molar-refractivity contribution in [3.63, 3.8) is 0 Å². The molecule has 0 saturated heterocycles. The van der Waals surface area contributed by atoms with E-state index in [0.29, 0.717) is 33.1 Å². The molecule has 0 unspecified atom stereocenters. The lowest BCUT2D eigenvalue weighted by molar-refractivity contribution is 0.0600. The van der Waals surface area contributed by atoms with Gasteiger partial charge in [-0.3, -0.25) is 9.36 Å². The lowest BCUT2D eigenvalue weighted by Crippen LogP contribution is -2.21. The van der Waals surface area contributed by atoms with E-state index in [1.165, 1.54) is 18.0 Å². The van der Waals surface area contributed by atoms with Gasteiger partial charge in [-0.1, -0.05) is 35.3 Å². The number of aromatic nitrogens is 2. The van der Waals surface area contributed by atoms with E-state index >= 15 is 0 Å². The summed E-state index contributed by atoms with van der Waals surface area (Å²) in [6.07, 6.45) is 1.44. The van der Waals surface area contributed by atoms with Crippen LogP contribution < -0.4 is 5.56 Å². The lowest BCUT2D eigenvalue weighted by atomic mass is 10.1. The molecule has 0 radical (unpaired) electrons. The van der Waals surface area contributed by atoms with Crippen LogP contribution >= 0.6 is 23.2 Å². The Bertz CT molecular complexity index is 982. The van der Waals surface area contributed by atoms with Crippen LogP contribution in [0.4, 0.5) is 0 Å². The van der Waals surface area contributed by atoms with E-state index in [1.54, 1.807) is 36.4 Å². The fraction of sp³-hybridized carbons (Fsp3) is 0.118. The lowest BCUT2D eigenvalue weighted by Gasteiger charge is -2.08. The molecule has 3 rings (SSSR count). The largest absolute Gasteiger partial charge is 0.465 e. The zero-order valence-corrected chi connectivity index (χ0v) is 14.1. The minimum Gasteiger partial charge on any atom is -0.465 e. The first-order valence-electron chi connectivity index (χ1n) is 7.01. The van der Waals surface area contributed by atoms with E-state index in [0.717, 1.165) is 5.56 Å². The van der Waals surface area contributed by atoms with Crippen molar-refractivity contribution in [2.24, 2.45) is 0 Å². The van der Waals surface area contributed by atoms with E-state index in [-0.39, 0.29) is 5.56 Å². The molecule has 24 heavy (non-hydrogen) atoms. The van der Waals surface area contributed by atoms with E-state index in [9.17, 15) is 9.59 Å². The van der Waals surface area contributed by atoms with Crippen LogP contribution in [0.25, 0.3) is 10.9 Å². The third-order valence-corrected chi connectivity index (χ3v) is 4.08. The fourth-order valence-electron chi connectivity index (χ4n) is 2.37. The summed E-state index contributed by atoms with van der Waals surface area (Å²) in [4.78, 5) is 28.3. The van der Waals surface area contributed by atoms with Gasteiger partial charge in [-0.2, -0.15) is 0 Å². The van der Waals surface area contributed by atoms with Gasteiger partial charge in [-0.25, -0.2) is 9.78 Å². The van der Waals surface area contributed by atoms with Gasteiger partial charge in [0, 0.05) is 5.02 Å². The Labute approximate surface area is 147 Å². The Morgan fingerprint density at radius 3 is 2.58 bits per heavy atom. The first kappa shape index (κ1) is 16.5. The highest BCUT2D eigenvalue weighted by Gasteiger charge is 2.10. The summed E-state index contributed by atoms with van der Waals surface area (Å²) in [6.45, 7) is 0.313. The number of rotatable bonds is 3. The monoisotopic (exact) mass is 362 g/mol. The summed E-state index contributed by atoms with van der Waals surface area (Å²) in [7, 11) is 1.33. The molecule has 0 saturated carbocycles. The van der Waals surface area contributed by atoms with Crippen LogP contribution in [0.5, 0.6) is 0 Å². The molecule has 1 heterocycles. The predicted octanol–water partition coefficient (Wildman–Crippen LogP) is 3.54. The Hall–Kier alpha value is -2.37. The molecule has 0 bridgehead atoms. The zero-order valence-electron chi connectivity index (χ0n) is 12.6. The number of benzene rings is 2. The summed E-state index contributed by atoms with van der Waals surface area (Å²) >= 11 is 12.0. The minimum absolute atomic E-state index is 0.235. The molecule has 0 aliphatic heterocycles.